The standard InChI is InChI=1S/C7H9NO2.H2O4S/c1-10-7-3-2-5(9)4-6(7)8;1-5(2,3)4/h2-4,9H,8H2,1H3;(H2,1,2,3,4). The first-order valence-electron chi connectivity index (χ1n) is 3.56. The Labute approximate surface area is 86.7 Å². The molecule has 0 fully saturated rings. The Balaban J connectivity index is 0.000000336. The number of nitrogens with two attached hydrogens (primary N) is 1. The Morgan fingerprint density at radius 1 is 1.33 bits per heavy atom. The maximum atomic E-state index is 8.90. The molecule has 5 N–H and O–H groups in total. The lowest BCUT2D eigenvalue weighted by molar-refractivity contribution is 0.381. The van der Waals surface area contributed by atoms with Crippen LogP contribution in [0.3, 0.4) is 0 Å². The summed E-state index contributed by atoms with van der Waals surface area (Å²) in [7, 11) is -3.14. The molecule has 15 heavy (non-hydrogen) atoms. The van der Waals surface area contributed by atoms with Crippen LogP contribution in [0.1, 0.15) is 0 Å². The summed E-state index contributed by atoms with van der Waals surface area (Å²) in [4.78, 5) is 0. The highest BCUT2D eigenvalue weighted by Crippen LogP contribution is 2.24. The van der Waals surface area contributed by atoms with Gasteiger partial charge in [0.25, 0.3) is 0 Å². The summed E-state index contributed by atoms with van der Waals surface area (Å²) in [5.74, 6) is 0.733. The number of ether oxygens (including phenoxy) is 1. The van der Waals surface area contributed by atoms with Gasteiger partial charge in [0.1, 0.15) is 11.5 Å². The quantitative estimate of drug-likeness (QED) is 0.409. The normalized spacial score (nSPS) is 10.1. The van der Waals surface area contributed by atoms with Crippen LogP contribution in [-0.4, -0.2) is 29.7 Å². The molecule has 7 nitrogen and oxygen atoms in total. The van der Waals surface area contributed by atoms with Crippen molar-refractivity contribution >= 4 is 16.1 Å². The number of benzene rings is 1. The van der Waals surface area contributed by atoms with E-state index in [-0.39, 0.29) is 5.75 Å². The van der Waals surface area contributed by atoms with Crippen molar-refractivity contribution in [3.63, 3.8) is 0 Å². The molecule has 0 aromatic heterocycles. The lowest BCUT2D eigenvalue weighted by Crippen LogP contribution is -1.90. The third-order valence-electron chi connectivity index (χ3n) is 1.21. The molecule has 1 aromatic carbocycles. The van der Waals surface area contributed by atoms with Crippen LogP contribution in [-0.2, 0) is 10.4 Å². The topological polar surface area (TPSA) is 130 Å². The SMILES string of the molecule is COc1ccc(O)cc1N.O=S(=O)(O)O. The fraction of sp³-hybridized carbons (Fsp3) is 0.143. The molecule has 0 bridgehead atoms. The van der Waals surface area contributed by atoms with E-state index < -0.39 is 10.4 Å². The summed E-state index contributed by atoms with van der Waals surface area (Å²) in [5.41, 5.74) is 5.89. The minimum atomic E-state index is -4.67. The second-order valence-electron chi connectivity index (χ2n) is 2.37. The van der Waals surface area contributed by atoms with Crippen LogP contribution in [0.25, 0.3) is 0 Å². The highest BCUT2D eigenvalue weighted by atomic mass is 32.3. The second-order valence-corrected chi connectivity index (χ2v) is 3.27. The summed E-state index contributed by atoms with van der Waals surface area (Å²) in [6.45, 7) is 0. The molecule has 0 saturated carbocycles. The Kier molecular flexibility index (Phi) is 4.85. The number of nitrogen functional groups attached to an aromatic ring is 1. The van der Waals surface area contributed by atoms with E-state index >= 15 is 0 Å². The van der Waals surface area contributed by atoms with Crippen LogP contribution >= 0.6 is 0 Å². The number of methoxy groups -OCH3 is 1. The Morgan fingerprint density at radius 2 is 1.80 bits per heavy atom. The fourth-order valence-electron chi connectivity index (χ4n) is 0.722. The van der Waals surface area contributed by atoms with E-state index in [0.29, 0.717) is 11.4 Å². The van der Waals surface area contributed by atoms with Crippen LogP contribution in [0, 0.1) is 0 Å². The Bertz CT molecular complexity index is 407. The van der Waals surface area contributed by atoms with Gasteiger partial charge in [0.15, 0.2) is 0 Å². The molecule has 1 rings (SSSR count). The van der Waals surface area contributed by atoms with E-state index in [4.69, 9.17) is 33.1 Å². The second kappa shape index (κ2) is 5.39. The van der Waals surface area contributed by atoms with E-state index in [0.717, 1.165) is 0 Å². The van der Waals surface area contributed by atoms with Crippen LogP contribution in [0.15, 0.2) is 18.2 Å². The minimum Gasteiger partial charge on any atom is -0.508 e. The number of rotatable bonds is 1. The highest BCUT2D eigenvalue weighted by Gasteiger charge is 1.97. The van der Waals surface area contributed by atoms with Gasteiger partial charge in [-0.2, -0.15) is 8.42 Å². The fourth-order valence-corrected chi connectivity index (χ4v) is 0.722. The van der Waals surface area contributed by atoms with Gasteiger partial charge in [-0.05, 0) is 12.1 Å². The van der Waals surface area contributed by atoms with Crippen LogP contribution in [0.5, 0.6) is 11.5 Å². The molecular weight excluding hydrogens is 226 g/mol. The highest BCUT2D eigenvalue weighted by molar-refractivity contribution is 7.79. The number of phenolic OH excluding ortho intramolecular Hbond substituents is 1. The summed E-state index contributed by atoms with van der Waals surface area (Å²) in [5, 5.41) is 8.90. The maximum Gasteiger partial charge on any atom is 0.394 e. The summed E-state index contributed by atoms with van der Waals surface area (Å²) >= 11 is 0. The van der Waals surface area contributed by atoms with Crippen molar-refractivity contribution in [3.8, 4) is 11.5 Å². The van der Waals surface area contributed by atoms with Crippen LogP contribution in [0.2, 0.25) is 0 Å². The van der Waals surface area contributed by atoms with Gasteiger partial charge in [0.2, 0.25) is 0 Å². The average Bonchev–Trinajstić information content (AvgIpc) is 2.01. The predicted octanol–water partition coefficient (Wildman–Crippen LogP) is 0.330. The van der Waals surface area contributed by atoms with E-state index in [9.17, 15) is 0 Å². The van der Waals surface area contributed by atoms with Crippen molar-refractivity contribution in [3.05, 3.63) is 18.2 Å². The van der Waals surface area contributed by atoms with Gasteiger partial charge in [0.05, 0.1) is 12.8 Å². The van der Waals surface area contributed by atoms with Crippen LogP contribution in [0.4, 0.5) is 5.69 Å². The van der Waals surface area contributed by atoms with E-state index in [1.807, 2.05) is 0 Å². The summed E-state index contributed by atoms with van der Waals surface area (Å²) in [6, 6.07) is 4.58. The number of hydrogen-bond acceptors (Lipinski definition) is 5. The van der Waals surface area contributed by atoms with Gasteiger partial charge >= 0.3 is 10.4 Å². The lowest BCUT2D eigenvalue weighted by Gasteiger charge is -2.02. The lowest BCUT2D eigenvalue weighted by atomic mass is 10.3. The van der Waals surface area contributed by atoms with Crippen molar-refractivity contribution in [2.24, 2.45) is 0 Å². The van der Waals surface area contributed by atoms with E-state index in [1.54, 1.807) is 6.07 Å². The molecule has 0 amide bonds. The Hall–Kier alpha value is -1.51. The monoisotopic (exact) mass is 237 g/mol. The van der Waals surface area contributed by atoms with Crippen molar-refractivity contribution < 1.29 is 27.4 Å². The van der Waals surface area contributed by atoms with Gasteiger partial charge in [-0.25, -0.2) is 0 Å². The zero-order chi connectivity index (χ0) is 12.1. The van der Waals surface area contributed by atoms with Crippen LogP contribution < -0.4 is 10.5 Å². The van der Waals surface area contributed by atoms with E-state index in [1.165, 1.54) is 19.2 Å². The van der Waals surface area contributed by atoms with Gasteiger partial charge in [-0.15, -0.1) is 0 Å². The first-order valence-corrected chi connectivity index (χ1v) is 4.96. The number of anilines is 1. The summed E-state index contributed by atoms with van der Waals surface area (Å²) in [6.07, 6.45) is 0. The molecule has 8 heteroatoms. The minimum absolute atomic E-state index is 0.151. The first-order chi connectivity index (χ1) is 6.74. The van der Waals surface area contributed by atoms with Gasteiger partial charge in [-0.3, -0.25) is 9.11 Å². The third-order valence-corrected chi connectivity index (χ3v) is 1.21. The zero-order valence-electron chi connectivity index (χ0n) is 7.78. The molecule has 0 unspecified atom stereocenters. The van der Waals surface area contributed by atoms with Gasteiger partial charge in [-0.1, -0.05) is 0 Å². The van der Waals surface area contributed by atoms with Gasteiger partial charge in [0, 0.05) is 6.07 Å². The molecule has 0 radical (unpaired) electrons. The largest absolute Gasteiger partial charge is 0.508 e. The number of hydrogen-bond donors (Lipinski definition) is 4. The molecule has 0 atom stereocenters. The molecule has 0 aliphatic rings. The van der Waals surface area contributed by atoms with Gasteiger partial charge < -0.3 is 15.6 Å². The molecule has 1 aromatic rings. The van der Waals surface area contributed by atoms with Crippen molar-refractivity contribution in [1.82, 2.24) is 0 Å². The third kappa shape index (κ3) is 7.55. The smallest absolute Gasteiger partial charge is 0.394 e. The maximum absolute atomic E-state index is 8.90. The molecule has 0 aliphatic carbocycles. The predicted molar refractivity (Wildman–Crippen MR) is 53.2 cm³/mol. The molecular formula is C7H11NO6S. The molecule has 0 saturated heterocycles. The van der Waals surface area contributed by atoms with E-state index in [2.05, 4.69) is 0 Å². The molecule has 0 aliphatic heterocycles. The van der Waals surface area contributed by atoms with Crippen molar-refractivity contribution in [2.75, 3.05) is 12.8 Å². The first kappa shape index (κ1) is 13.5. The molecule has 86 valence electrons. The molecule has 0 spiro atoms. The zero-order valence-corrected chi connectivity index (χ0v) is 8.60. The van der Waals surface area contributed by atoms with Crippen molar-refractivity contribution in [2.45, 2.75) is 0 Å². The number of phenols is 1. The number of aromatic hydroxyl groups is 1. The molecule has 0 heterocycles. The summed E-state index contributed by atoms with van der Waals surface area (Å²) < 4.78 is 36.4. The average molecular weight is 237 g/mol. The van der Waals surface area contributed by atoms with Crippen molar-refractivity contribution in [1.29, 1.82) is 0 Å². The Morgan fingerprint density at radius 3 is 2.13 bits per heavy atom.